The summed E-state index contributed by atoms with van der Waals surface area (Å²) >= 11 is 3.62. The van der Waals surface area contributed by atoms with E-state index in [1.807, 2.05) is 0 Å². The third-order valence-corrected chi connectivity index (χ3v) is 1.59. The molecule has 0 saturated carbocycles. The fourth-order valence-electron chi connectivity index (χ4n) is 0.657. The largest absolute Gasteiger partial charge is 0.452 e. The van der Waals surface area contributed by atoms with Crippen molar-refractivity contribution in [3.63, 3.8) is 0 Å². The molecule has 0 aliphatic rings. The van der Waals surface area contributed by atoms with Gasteiger partial charge in [0.15, 0.2) is 5.78 Å². The highest BCUT2D eigenvalue weighted by atomic mass is 32.1. The van der Waals surface area contributed by atoms with Crippen LogP contribution in [-0.2, 0) is 14.3 Å². The van der Waals surface area contributed by atoms with Gasteiger partial charge in [0.05, 0.1) is 0 Å². The minimum atomic E-state index is -2.03. The molecule has 12 heavy (non-hydrogen) atoms. The number of aliphatic hydroxyl groups is 1. The molecule has 1 N–H and O–H groups in total. The first-order valence-corrected chi connectivity index (χ1v) is 4.13. The number of thiol groups is 1. The van der Waals surface area contributed by atoms with E-state index in [2.05, 4.69) is 17.4 Å². The number of ketones is 1. The van der Waals surface area contributed by atoms with Crippen LogP contribution in [-0.4, -0.2) is 28.4 Å². The number of rotatable bonds is 4. The van der Waals surface area contributed by atoms with Crippen molar-refractivity contribution in [1.29, 1.82) is 0 Å². The Hall–Kier alpha value is -0.550. The van der Waals surface area contributed by atoms with Crippen LogP contribution in [0.15, 0.2) is 0 Å². The van der Waals surface area contributed by atoms with E-state index in [9.17, 15) is 14.7 Å². The van der Waals surface area contributed by atoms with Crippen LogP contribution in [0, 0.1) is 0 Å². The average molecular weight is 192 g/mol. The van der Waals surface area contributed by atoms with Crippen LogP contribution in [0.5, 0.6) is 0 Å². The van der Waals surface area contributed by atoms with Crippen LogP contribution in [0.3, 0.4) is 0 Å². The Morgan fingerprint density at radius 3 is 2.42 bits per heavy atom. The van der Waals surface area contributed by atoms with E-state index in [1.54, 1.807) is 6.92 Å². The number of Topliss-reactive ketones (excluding diaryl/α,β-unsaturated/α-hetero) is 1. The van der Waals surface area contributed by atoms with Gasteiger partial charge in [-0.2, -0.15) is 0 Å². The van der Waals surface area contributed by atoms with Crippen LogP contribution in [0.4, 0.5) is 0 Å². The van der Waals surface area contributed by atoms with Gasteiger partial charge in [0, 0.05) is 6.42 Å². The second-order valence-corrected chi connectivity index (χ2v) is 2.67. The van der Waals surface area contributed by atoms with E-state index in [-0.39, 0.29) is 12.4 Å². The Balaban J connectivity index is 4.38. The molecule has 0 aromatic rings. The maximum Gasteiger partial charge on any atom is 0.346 e. The maximum absolute atomic E-state index is 11.0. The molecule has 0 aliphatic carbocycles. The van der Waals surface area contributed by atoms with Crippen LogP contribution >= 0.6 is 12.6 Å². The standard InChI is InChI=1S/C7H12O4S/c1-3-5(8)7(2,10)6(9)11-4-12/h10,12H,3-4H2,1-2H3. The van der Waals surface area contributed by atoms with E-state index in [4.69, 9.17) is 0 Å². The quantitative estimate of drug-likeness (QED) is 0.288. The van der Waals surface area contributed by atoms with Gasteiger partial charge in [-0.1, -0.05) is 6.92 Å². The molecular weight excluding hydrogens is 180 g/mol. The van der Waals surface area contributed by atoms with Crippen LogP contribution in [0.25, 0.3) is 0 Å². The minimum absolute atomic E-state index is 0.0919. The number of hydrogen-bond donors (Lipinski definition) is 2. The van der Waals surface area contributed by atoms with Gasteiger partial charge in [-0.15, -0.1) is 12.6 Å². The predicted molar refractivity (Wildman–Crippen MR) is 45.9 cm³/mol. The predicted octanol–water partition coefficient (Wildman–Crippen LogP) is 0.147. The van der Waals surface area contributed by atoms with E-state index in [0.717, 1.165) is 6.92 Å². The number of esters is 1. The van der Waals surface area contributed by atoms with Crippen molar-refractivity contribution in [3.8, 4) is 0 Å². The van der Waals surface area contributed by atoms with Crippen LogP contribution in [0.2, 0.25) is 0 Å². The van der Waals surface area contributed by atoms with E-state index in [1.165, 1.54) is 0 Å². The van der Waals surface area contributed by atoms with Crippen molar-refractivity contribution >= 4 is 24.4 Å². The highest BCUT2D eigenvalue weighted by Crippen LogP contribution is 2.10. The lowest BCUT2D eigenvalue weighted by atomic mass is 10.00. The fourth-order valence-corrected chi connectivity index (χ4v) is 0.774. The molecule has 0 aromatic heterocycles. The average Bonchev–Trinajstić information content (AvgIpc) is 2.03. The lowest BCUT2D eigenvalue weighted by Gasteiger charge is -2.17. The summed E-state index contributed by atoms with van der Waals surface area (Å²) in [7, 11) is 0. The zero-order valence-electron chi connectivity index (χ0n) is 7.03. The fraction of sp³-hybridized carbons (Fsp3) is 0.714. The zero-order chi connectivity index (χ0) is 9.78. The summed E-state index contributed by atoms with van der Waals surface area (Å²) in [5.41, 5.74) is -2.03. The summed E-state index contributed by atoms with van der Waals surface area (Å²) in [6.45, 7) is 2.68. The van der Waals surface area contributed by atoms with Crippen molar-refractivity contribution in [2.75, 3.05) is 5.94 Å². The first-order chi connectivity index (χ1) is 5.46. The SMILES string of the molecule is CCC(=O)C(C)(O)C(=O)OCS. The van der Waals surface area contributed by atoms with Crippen molar-refractivity contribution in [2.45, 2.75) is 25.9 Å². The molecule has 0 aliphatic heterocycles. The molecule has 0 fully saturated rings. The Morgan fingerprint density at radius 2 is 2.08 bits per heavy atom. The van der Waals surface area contributed by atoms with E-state index in [0.29, 0.717) is 0 Å². The van der Waals surface area contributed by atoms with Crippen LogP contribution in [0.1, 0.15) is 20.3 Å². The first-order valence-electron chi connectivity index (χ1n) is 3.50. The van der Waals surface area contributed by atoms with Gasteiger partial charge in [0.1, 0.15) is 5.94 Å². The van der Waals surface area contributed by atoms with E-state index < -0.39 is 17.4 Å². The smallest absolute Gasteiger partial charge is 0.346 e. The molecule has 0 amide bonds. The number of hydrogen-bond acceptors (Lipinski definition) is 5. The summed E-state index contributed by atoms with van der Waals surface area (Å²) in [6.07, 6.45) is 0.0919. The molecule has 70 valence electrons. The highest BCUT2D eigenvalue weighted by molar-refractivity contribution is 7.80. The van der Waals surface area contributed by atoms with E-state index >= 15 is 0 Å². The van der Waals surface area contributed by atoms with Gasteiger partial charge in [0.25, 0.3) is 0 Å². The first kappa shape index (κ1) is 11.4. The molecule has 5 heteroatoms. The Bertz CT molecular complexity index is 188. The second-order valence-electron chi connectivity index (χ2n) is 2.41. The maximum atomic E-state index is 11.0. The van der Waals surface area contributed by atoms with Gasteiger partial charge in [0.2, 0.25) is 5.60 Å². The summed E-state index contributed by atoms with van der Waals surface area (Å²) in [5.74, 6) is -1.66. The van der Waals surface area contributed by atoms with Crippen LogP contribution < -0.4 is 0 Å². The molecule has 0 aromatic carbocycles. The number of carbonyl (C=O) groups is 2. The van der Waals surface area contributed by atoms with Crippen molar-refractivity contribution in [3.05, 3.63) is 0 Å². The minimum Gasteiger partial charge on any atom is -0.452 e. The van der Waals surface area contributed by atoms with Gasteiger partial charge >= 0.3 is 5.97 Å². The van der Waals surface area contributed by atoms with Crippen molar-refractivity contribution in [1.82, 2.24) is 0 Å². The molecule has 1 unspecified atom stereocenters. The second kappa shape index (κ2) is 4.47. The topological polar surface area (TPSA) is 63.6 Å². The molecule has 0 heterocycles. The number of ether oxygens (including phenoxy) is 1. The zero-order valence-corrected chi connectivity index (χ0v) is 7.93. The highest BCUT2D eigenvalue weighted by Gasteiger charge is 2.38. The molecule has 0 spiro atoms. The molecule has 1 atom stereocenters. The molecule has 4 nitrogen and oxygen atoms in total. The Morgan fingerprint density at radius 1 is 1.58 bits per heavy atom. The lowest BCUT2D eigenvalue weighted by molar-refractivity contribution is -0.166. The lowest BCUT2D eigenvalue weighted by Crippen LogP contribution is -2.44. The van der Waals surface area contributed by atoms with Gasteiger partial charge in [-0.3, -0.25) is 4.79 Å². The summed E-state index contributed by atoms with van der Waals surface area (Å²) < 4.78 is 4.38. The normalized spacial score (nSPS) is 15.0. The van der Waals surface area contributed by atoms with Crippen molar-refractivity contribution < 1.29 is 19.4 Å². The van der Waals surface area contributed by atoms with Crippen molar-refractivity contribution in [2.24, 2.45) is 0 Å². The summed E-state index contributed by atoms with van der Waals surface area (Å²) in [5, 5.41) is 9.32. The molecular formula is C7H12O4S. The van der Waals surface area contributed by atoms with Gasteiger partial charge in [-0.05, 0) is 6.92 Å². The van der Waals surface area contributed by atoms with Gasteiger partial charge < -0.3 is 9.84 Å². The molecule has 0 rings (SSSR count). The Kier molecular flexibility index (Phi) is 4.26. The summed E-state index contributed by atoms with van der Waals surface area (Å²) in [4.78, 5) is 21.9. The third kappa shape index (κ3) is 2.49. The molecule has 0 radical (unpaired) electrons. The summed E-state index contributed by atoms with van der Waals surface area (Å²) in [6, 6.07) is 0. The Labute approximate surface area is 76.3 Å². The monoisotopic (exact) mass is 192 g/mol. The number of carbonyl (C=O) groups excluding carboxylic acids is 2. The molecule has 0 saturated heterocycles. The third-order valence-electron chi connectivity index (χ3n) is 1.46. The molecule has 0 bridgehead atoms. The van der Waals surface area contributed by atoms with Gasteiger partial charge in [-0.25, -0.2) is 4.79 Å².